The number of Topliss-reactive ketones (excluding diaryl/α,β-unsaturated/α-hetero) is 1. The van der Waals surface area contributed by atoms with Gasteiger partial charge in [0.2, 0.25) is 0 Å². The molecule has 0 saturated carbocycles. The summed E-state index contributed by atoms with van der Waals surface area (Å²) in [6, 6.07) is 11.0. The van der Waals surface area contributed by atoms with Gasteiger partial charge >= 0.3 is 0 Å². The van der Waals surface area contributed by atoms with Gasteiger partial charge in [-0.15, -0.1) is 0 Å². The van der Waals surface area contributed by atoms with Crippen LogP contribution in [0.3, 0.4) is 0 Å². The number of hydrogen-bond donors (Lipinski definition) is 1. The molecule has 4 rings (SSSR count). The number of hydrogen-bond acceptors (Lipinski definition) is 7. The number of benzene rings is 1. The summed E-state index contributed by atoms with van der Waals surface area (Å²) in [7, 11) is 0. The molecule has 1 unspecified atom stereocenters. The summed E-state index contributed by atoms with van der Waals surface area (Å²) in [6.45, 7) is 0.00283. The third-order valence-electron chi connectivity index (χ3n) is 4.78. The van der Waals surface area contributed by atoms with Crippen molar-refractivity contribution < 1.29 is 24.0 Å². The third-order valence-corrected chi connectivity index (χ3v) is 4.78. The number of pyridine rings is 1. The first-order valence-electron chi connectivity index (χ1n) is 8.93. The van der Waals surface area contributed by atoms with Crippen molar-refractivity contribution in [2.75, 3.05) is 0 Å². The van der Waals surface area contributed by atoms with Crippen LogP contribution in [0.5, 0.6) is 0 Å². The van der Waals surface area contributed by atoms with Crippen molar-refractivity contribution in [2.45, 2.75) is 12.6 Å². The number of aliphatic hydroxyl groups is 1. The molecule has 1 aromatic carbocycles. The number of nitro benzene ring substituents is 1. The molecular formula is C21H15N3O6. The first-order valence-corrected chi connectivity index (χ1v) is 8.93. The van der Waals surface area contributed by atoms with Crippen molar-refractivity contribution in [2.24, 2.45) is 0 Å². The van der Waals surface area contributed by atoms with E-state index in [-0.39, 0.29) is 23.4 Å². The van der Waals surface area contributed by atoms with Crippen LogP contribution in [0.4, 0.5) is 5.69 Å². The lowest BCUT2D eigenvalue weighted by Crippen LogP contribution is -2.29. The average molecular weight is 405 g/mol. The maximum absolute atomic E-state index is 12.9. The number of nitro groups is 1. The Hall–Kier alpha value is -4.27. The second-order valence-electron chi connectivity index (χ2n) is 6.60. The molecular weight excluding hydrogens is 390 g/mol. The molecule has 9 nitrogen and oxygen atoms in total. The van der Waals surface area contributed by atoms with Gasteiger partial charge in [0.15, 0.2) is 0 Å². The first-order chi connectivity index (χ1) is 14.5. The van der Waals surface area contributed by atoms with Crippen molar-refractivity contribution in [1.29, 1.82) is 0 Å². The second-order valence-corrected chi connectivity index (χ2v) is 6.60. The van der Waals surface area contributed by atoms with Crippen LogP contribution in [-0.2, 0) is 16.1 Å². The van der Waals surface area contributed by atoms with E-state index in [0.717, 1.165) is 6.07 Å². The van der Waals surface area contributed by atoms with E-state index in [9.17, 15) is 24.8 Å². The van der Waals surface area contributed by atoms with Gasteiger partial charge in [-0.2, -0.15) is 0 Å². The van der Waals surface area contributed by atoms with E-state index in [1.54, 1.807) is 30.5 Å². The molecule has 2 aromatic heterocycles. The number of amides is 1. The van der Waals surface area contributed by atoms with E-state index in [1.165, 1.54) is 35.6 Å². The molecule has 30 heavy (non-hydrogen) atoms. The SMILES string of the molecule is O=C1C(=O)N(Cc2ccco2)C(c2cccnc2)C1=C(O)c1cccc([N+](=O)[O-])c1. The molecule has 1 aliphatic rings. The molecule has 0 spiro atoms. The zero-order valence-electron chi connectivity index (χ0n) is 15.5. The highest BCUT2D eigenvalue weighted by molar-refractivity contribution is 6.46. The summed E-state index contributed by atoms with van der Waals surface area (Å²) in [5.74, 6) is -1.74. The largest absolute Gasteiger partial charge is 0.507 e. The Labute approximate surface area is 170 Å². The number of aliphatic hydroxyl groups excluding tert-OH is 1. The van der Waals surface area contributed by atoms with Crippen LogP contribution in [-0.4, -0.2) is 31.6 Å². The Morgan fingerprint density at radius 1 is 1.20 bits per heavy atom. The third kappa shape index (κ3) is 3.32. The van der Waals surface area contributed by atoms with Crippen molar-refractivity contribution in [1.82, 2.24) is 9.88 Å². The maximum Gasteiger partial charge on any atom is 0.296 e. The summed E-state index contributed by atoms with van der Waals surface area (Å²) in [5.41, 5.74) is 0.158. The quantitative estimate of drug-likeness (QED) is 0.227. The lowest BCUT2D eigenvalue weighted by Gasteiger charge is -2.24. The van der Waals surface area contributed by atoms with Crippen LogP contribution in [0, 0.1) is 10.1 Å². The van der Waals surface area contributed by atoms with E-state index < -0.39 is 28.4 Å². The van der Waals surface area contributed by atoms with Gasteiger partial charge < -0.3 is 14.4 Å². The molecule has 1 saturated heterocycles. The van der Waals surface area contributed by atoms with E-state index in [2.05, 4.69) is 4.98 Å². The molecule has 1 atom stereocenters. The summed E-state index contributed by atoms with van der Waals surface area (Å²) in [6.07, 6.45) is 4.49. The zero-order valence-corrected chi connectivity index (χ0v) is 15.5. The Kier molecular flexibility index (Phi) is 4.85. The van der Waals surface area contributed by atoms with Crippen molar-refractivity contribution in [3.8, 4) is 0 Å². The lowest BCUT2D eigenvalue weighted by molar-refractivity contribution is -0.384. The first kappa shape index (κ1) is 19.1. The number of furan rings is 1. The molecule has 3 aromatic rings. The average Bonchev–Trinajstić information content (AvgIpc) is 3.36. The van der Waals surface area contributed by atoms with Gasteiger partial charge in [-0.25, -0.2) is 0 Å². The smallest absolute Gasteiger partial charge is 0.296 e. The van der Waals surface area contributed by atoms with Gasteiger partial charge in [0.05, 0.1) is 29.3 Å². The Balaban J connectivity index is 1.87. The Morgan fingerprint density at radius 3 is 2.70 bits per heavy atom. The minimum Gasteiger partial charge on any atom is -0.507 e. The fourth-order valence-corrected chi connectivity index (χ4v) is 3.42. The van der Waals surface area contributed by atoms with Gasteiger partial charge in [0.1, 0.15) is 11.5 Å². The Bertz CT molecular complexity index is 1150. The molecule has 0 bridgehead atoms. The second kappa shape index (κ2) is 7.63. The van der Waals surface area contributed by atoms with Crippen LogP contribution in [0.25, 0.3) is 5.76 Å². The van der Waals surface area contributed by atoms with Gasteiger partial charge in [-0.3, -0.25) is 24.7 Å². The molecule has 1 fully saturated rings. The number of rotatable bonds is 5. The van der Waals surface area contributed by atoms with Crippen LogP contribution in [0.1, 0.15) is 22.9 Å². The molecule has 3 heterocycles. The minimum absolute atomic E-state index is 0.00283. The summed E-state index contributed by atoms with van der Waals surface area (Å²) >= 11 is 0. The molecule has 1 N–H and O–H groups in total. The highest BCUT2D eigenvalue weighted by Crippen LogP contribution is 2.40. The Morgan fingerprint density at radius 2 is 2.03 bits per heavy atom. The fraction of sp³-hybridized carbons (Fsp3) is 0.0952. The minimum atomic E-state index is -0.928. The van der Waals surface area contributed by atoms with Crippen LogP contribution in [0.2, 0.25) is 0 Å². The van der Waals surface area contributed by atoms with Crippen LogP contribution >= 0.6 is 0 Å². The van der Waals surface area contributed by atoms with Crippen molar-refractivity contribution in [3.05, 3.63) is 99.8 Å². The van der Waals surface area contributed by atoms with Gasteiger partial charge in [0.25, 0.3) is 17.4 Å². The predicted molar refractivity (Wildman–Crippen MR) is 104 cm³/mol. The number of nitrogens with zero attached hydrogens (tertiary/aromatic N) is 3. The van der Waals surface area contributed by atoms with Gasteiger partial charge in [-0.05, 0) is 23.8 Å². The summed E-state index contributed by atoms with van der Waals surface area (Å²) < 4.78 is 5.31. The lowest BCUT2D eigenvalue weighted by atomic mass is 9.96. The van der Waals surface area contributed by atoms with Crippen LogP contribution in [0.15, 0.2) is 77.2 Å². The number of ketones is 1. The fourth-order valence-electron chi connectivity index (χ4n) is 3.42. The number of carbonyl (C=O) groups excluding carboxylic acids is 2. The van der Waals surface area contributed by atoms with E-state index in [1.807, 2.05) is 0 Å². The molecule has 1 aliphatic heterocycles. The highest BCUT2D eigenvalue weighted by Gasteiger charge is 2.46. The molecule has 1 amide bonds. The van der Waals surface area contributed by atoms with Gasteiger partial charge in [-0.1, -0.05) is 18.2 Å². The topological polar surface area (TPSA) is 127 Å². The predicted octanol–water partition coefficient (Wildman–Crippen LogP) is 3.20. The van der Waals surface area contributed by atoms with Gasteiger partial charge in [0, 0.05) is 30.1 Å². The van der Waals surface area contributed by atoms with E-state index in [0.29, 0.717) is 11.3 Å². The maximum atomic E-state index is 12.9. The zero-order chi connectivity index (χ0) is 21.3. The molecule has 0 aliphatic carbocycles. The van der Waals surface area contributed by atoms with E-state index in [4.69, 9.17) is 4.42 Å². The van der Waals surface area contributed by atoms with Crippen molar-refractivity contribution in [3.63, 3.8) is 0 Å². The number of non-ortho nitro benzene ring substituents is 1. The summed E-state index contributed by atoms with van der Waals surface area (Å²) in [5, 5.41) is 22.0. The summed E-state index contributed by atoms with van der Waals surface area (Å²) in [4.78, 5) is 41.5. The molecule has 0 radical (unpaired) electrons. The standard InChI is InChI=1S/C21H15N3O6/c25-19(13-4-1-6-15(10-13)24(28)29)17-18(14-5-2-8-22-11-14)23(21(27)20(17)26)12-16-7-3-9-30-16/h1-11,18,25H,12H2. The molecule has 9 heteroatoms. The number of carbonyl (C=O) groups is 2. The molecule has 150 valence electrons. The highest BCUT2D eigenvalue weighted by atomic mass is 16.6. The number of aromatic nitrogens is 1. The number of likely N-dealkylation sites (tertiary alicyclic amines) is 1. The normalized spacial score (nSPS) is 18.0. The van der Waals surface area contributed by atoms with Crippen LogP contribution < -0.4 is 0 Å². The van der Waals surface area contributed by atoms with E-state index >= 15 is 0 Å². The monoisotopic (exact) mass is 405 g/mol. The van der Waals surface area contributed by atoms with Crippen molar-refractivity contribution >= 4 is 23.1 Å².